The predicted octanol–water partition coefficient (Wildman–Crippen LogP) is 2.91. The van der Waals surface area contributed by atoms with Gasteiger partial charge in [-0.1, -0.05) is 6.07 Å². The number of carbonyl (C=O) groups is 1. The number of benzene rings is 2. The number of piperidine rings is 1. The fraction of sp³-hybridized carbons (Fsp3) is 0.300. The number of rotatable bonds is 4. The molecule has 0 unspecified atom stereocenters. The van der Waals surface area contributed by atoms with E-state index in [0.717, 1.165) is 22.5 Å². The van der Waals surface area contributed by atoms with E-state index in [4.69, 9.17) is 0 Å². The minimum absolute atomic E-state index is 0.0147. The van der Waals surface area contributed by atoms with E-state index in [1.54, 1.807) is 18.2 Å². The lowest BCUT2D eigenvalue weighted by Gasteiger charge is -2.30. The van der Waals surface area contributed by atoms with Gasteiger partial charge in [-0.3, -0.25) is 4.79 Å². The van der Waals surface area contributed by atoms with Gasteiger partial charge in [-0.05, 0) is 49.2 Å². The number of halogens is 3. The number of imidazole rings is 1. The van der Waals surface area contributed by atoms with E-state index in [0.29, 0.717) is 22.8 Å². The third-order valence-corrected chi connectivity index (χ3v) is 7.30. The van der Waals surface area contributed by atoms with Gasteiger partial charge in [0.1, 0.15) is 0 Å². The molecule has 1 aliphatic rings. The van der Waals surface area contributed by atoms with Crippen LogP contribution in [0.5, 0.6) is 0 Å². The van der Waals surface area contributed by atoms with E-state index >= 15 is 0 Å². The molecule has 1 saturated heterocycles. The molecular weight excluding hydrogens is 449 g/mol. The zero-order valence-corrected chi connectivity index (χ0v) is 17.4. The highest BCUT2D eigenvalue weighted by Crippen LogP contribution is 2.32. The van der Waals surface area contributed by atoms with Crippen molar-refractivity contribution in [2.75, 3.05) is 18.4 Å². The van der Waals surface area contributed by atoms with Crippen molar-refractivity contribution in [3.63, 3.8) is 0 Å². The second-order valence-electron chi connectivity index (χ2n) is 7.53. The highest BCUT2D eigenvalue weighted by molar-refractivity contribution is 7.89. The summed E-state index contributed by atoms with van der Waals surface area (Å²) in [4.78, 5) is 28.7. The molecule has 1 fully saturated rings. The van der Waals surface area contributed by atoms with Crippen LogP contribution in [0.15, 0.2) is 52.2 Å². The van der Waals surface area contributed by atoms with E-state index < -0.39 is 32.6 Å². The van der Waals surface area contributed by atoms with Crippen LogP contribution >= 0.6 is 0 Å². The number of carbonyl (C=O) groups excluding carboxylic acids is 1. The van der Waals surface area contributed by atoms with E-state index in [2.05, 4.69) is 15.3 Å². The van der Waals surface area contributed by atoms with E-state index in [9.17, 15) is 31.2 Å². The summed E-state index contributed by atoms with van der Waals surface area (Å²) in [6.45, 7) is 0.0294. The van der Waals surface area contributed by atoms with E-state index in [1.807, 2.05) is 0 Å². The molecular formula is C20H19F3N4O4S. The van der Waals surface area contributed by atoms with Crippen molar-refractivity contribution >= 4 is 32.7 Å². The number of fused-ring (bicyclic) bond motifs is 1. The van der Waals surface area contributed by atoms with Crippen LogP contribution in [0.2, 0.25) is 0 Å². The van der Waals surface area contributed by atoms with Crippen molar-refractivity contribution < 1.29 is 26.4 Å². The van der Waals surface area contributed by atoms with Gasteiger partial charge in [0.05, 0.1) is 21.5 Å². The number of H-pyrrole nitrogens is 2. The van der Waals surface area contributed by atoms with Crippen molar-refractivity contribution in [1.29, 1.82) is 0 Å². The van der Waals surface area contributed by atoms with Gasteiger partial charge >= 0.3 is 11.9 Å². The molecule has 1 aromatic heterocycles. The number of amides is 1. The maximum absolute atomic E-state index is 12.9. The molecule has 3 N–H and O–H groups in total. The number of aromatic amines is 2. The summed E-state index contributed by atoms with van der Waals surface area (Å²) in [7, 11) is -4.11. The Hall–Kier alpha value is -3.12. The molecule has 12 heteroatoms. The largest absolute Gasteiger partial charge is 0.416 e. The van der Waals surface area contributed by atoms with Crippen LogP contribution in [0, 0.1) is 5.92 Å². The Morgan fingerprint density at radius 3 is 2.41 bits per heavy atom. The number of alkyl halides is 3. The van der Waals surface area contributed by atoms with Gasteiger partial charge in [0.2, 0.25) is 15.9 Å². The molecule has 0 saturated carbocycles. The summed E-state index contributed by atoms with van der Waals surface area (Å²) in [5, 5.41) is 2.75. The lowest BCUT2D eigenvalue weighted by atomic mass is 9.97. The third-order valence-electron chi connectivity index (χ3n) is 5.41. The quantitative estimate of drug-likeness (QED) is 0.546. The number of sulfonamides is 1. The Morgan fingerprint density at radius 1 is 1.03 bits per heavy atom. The zero-order chi connectivity index (χ0) is 23.1. The normalized spacial score (nSPS) is 16.3. The second kappa shape index (κ2) is 8.10. The molecule has 1 amide bonds. The smallest absolute Gasteiger partial charge is 0.326 e. The topological polar surface area (TPSA) is 115 Å². The third kappa shape index (κ3) is 4.41. The van der Waals surface area contributed by atoms with E-state index in [-0.39, 0.29) is 37.5 Å². The first-order valence-electron chi connectivity index (χ1n) is 9.74. The van der Waals surface area contributed by atoms with Gasteiger partial charge < -0.3 is 15.3 Å². The van der Waals surface area contributed by atoms with Crippen molar-refractivity contribution in [2.24, 2.45) is 5.92 Å². The number of nitrogens with one attached hydrogen (secondary N) is 3. The molecule has 0 bridgehead atoms. The lowest BCUT2D eigenvalue weighted by molar-refractivity contribution is -0.137. The first-order chi connectivity index (χ1) is 15.0. The molecule has 0 aliphatic carbocycles. The average Bonchev–Trinajstić information content (AvgIpc) is 3.12. The van der Waals surface area contributed by atoms with Crippen molar-refractivity contribution in [3.05, 3.63) is 58.5 Å². The standard InChI is InChI=1S/C20H19F3N4O4S/c21-20(22,23)13-2-1-3-15(10-13)32(30,31)27-8-6-12(7-9-27)18(28)24-14-4-5-16-17(11-14)26-19(29)25-16/h1-5,10-12H,6-9H2,(H,24,28)(H2,25,26,29). The summed E-state index contributed by atoms with van der Waals surface area (Å²) < 4.78 is 65.5. The molecule has 1 aliphatic heterocycles. The molecule has 32 heavy (non-hydrogen) atoms. The van der Waals surface area contributed by atoms with Gasteiger partial charge in [-0.2, -0.15) is 17.5 Å². The molecule has 3 aromatic rings. The molecule has 8 nitrogen and oxygen atoms in total. The van der Waals surface area contributed by atoms with Gasteiger partial charge in [0.25, 0.3) is 0 Å². The van der Waals surface area contributed by atoms with Crippen LogP contribution in [0.1, 0.15) is 18.4 Å². The van der Waals surface area contributed by atoms with Gasteiger partial charge in [-0.25, -0.2) is 13.2 Å². The van der Waals surface area contributed by atoms with Crippen molar-refractivity contribution in [3.8, 4) is 0 Å². The first-order valence-corrected chi connectivity index (χ1v) is 11.2. The van der Waals surface area contributed by atoms with Crippen LogP contribution in [0.3, 0.4) is 0 Å². The Bertz CT molecular complexity index is 1320. The Labute approximate surface area is 180 Å². The summed E-state index contributed by atoms with van der Waals surface area (Å²) in [6, 6.07) is 8.52. The maximum atomic E-state index is 12.9. The number of anilines is 1. The Balaban J connectivity index is 1.41. The molecule has 2 heterocycles. The minimum Gasteiger partial charge on any atom is -0.326 e. The highest BCUT2D eigenvalue weighted by atomic mass is 32.2. The maximum Gasteiger partial charge on any atom is 0.416 e. The minimum atomic E-state index is -4.65. The van der Waals surface area contributed by atoms with Gasteiger partial charge in [0, 0.05) is 24.7 Å². The number of hydrogen-bond acceptors (Lipinski definition) is 4. The summed E-state index contributed by atoms with van der Waals surface area (Å²) in [5.74, 6) is -0.748. The fourth-order valence-corrected chi connectivity index (χ4v) is 5.21. The Kier molecular flexibility index (Phi) is 5.59. The van der Waals surface area contributed by atoms with Crippen LogP contribution in [0.25, 0.3) is 11.0 Å². The van der Waals surface area contributed by atoms with Gasteiger partial charge in [-0.15, -0.1) is 0 Å². The van der Waals surface area contributed by atoms with Crippen LogP contribution in [0.4, 0.5) is 18.9 Å². The van der Waals surface area contributed by atoms with Gasteiger partial charge in [0.15, 0.2) is 0 Å². The molecule has 0 radical (unpaired) electrons. The van der Waals surface area contributed by atoms with Crippen molar-refractivity contribution in [1.82, 2.24) is 14.3 Å². The lowest BCUT2D eigenvalue weighted by Crippen LogP contribution is -2.41. The number of nitrogens with zero attached hydrogens (tertiary/aromatic N) is 1. The van der Waals surface area contributed by atoms with Crippen LogP contribution in [-0.2, 0) is 21.0 Å². The fourth-order valence-electron chi connectivity index (χ4n) is 3.69. The number of hydrogen-bond donors (Lipinski definition) is 3. The molecule has 2 aromatic carbocycles. The van der Waals surface area contributed by atoms with Crippen LogP contribution < -0.4 is 11.0 Å². The predicted molar refractivity (Wildman–Crippen MR) is 110 cm³/mol. The summed E-state index contributed by atoms with van der Waals surface area (Å²) in [6.07, 6.45) is -4.19. The average molecular weight is 468 g/mol. The summed E-state index contributed by atoms with van der Waals surface area (Å²) in [5.41, 5.74) is 0.221. The molecule has 170 valence electrons. The molecule has 0 atom stereocenters. The second-order valence-corrected chi connectivity index (χ2v) is 9.47. The van der Waals surface area contributed by atoms with Crippen LogP contribution in [-0.4, -0.2) is 41.7 Å². The monoisotopic (exact) mass is 468 g/mol. The number of aromatic nitrogens is 2. The summed E-state index contributed by atoms with van der Waals surface area (Å²) >= 11 is 0. The Morgan fingerprint density at radius 2 is 1.72 bits per heavy atom. The molecule has 4 rings (SSSR count). The zero-order valence-electron chi connectivity index (χ0n) is 16.6. The highest BCUT2D eigenvalue weighted by Gasteiger charge is 2.35. The van der Waals surface area contributed by atoms with Crippen molar-refractivity contribution in [2.45, 2.75) is 23.9 Å². The van der Waals surface area contributed by atoms with E-state index in [1.165, 1.54) is 0 Å². The first kappa shape index (κ1) is 22.1. The molecule has 0 spiro atoms. The SMILES string of the molecule is O=C(Nc1ccc2[nH]c(=O)[nH]c2c1)C1CCN(S(=O)(=O)c2cccc(C(F)(F)F)c2)CC1.